The Morgan fingerprint density at radius 1 is 1.21 bits per heavy atom. The number of para-hydroxylation sites is 1. The van der Waals surface area contributed by atoms with Crippen molar-refractivity contribution in [2.75, 3.05) is 19.6 Å². The Labute approximate surface area is 164 Å². The molecule has 1 aliphatic rings. The summed E-state index contributed by atoms with van der Waals surface area (Å²) >= 11 is 0. The molecule has 2 N–H and O–H groups in total. The first-order valence-corrected chi connectivity index (χ1v) is 9.69. The van der Waals surface area contributed by atoms with Crippen LogP contribution in [0.4, 0.5) is 0 Å². The largest absolute Gasteiger partial charge is 0.480 e. The number of hydrogen-bond acceptors (Lipinski definition) is 3. The third-order valence-corrected chi connectivity index (χ3v) is 5.56. The van der Waals surface area contributed by atoms with Crippen molar-refractivity contribution >= 4 is 28.7 Å². The molecule has 0 bridgehead atoms. The lowest BCUT2D eigenvalue weighted by Crippen LogP contribution is -2.43. The number of carbonyl (C=O) groups excluding carboxylic acids is 2. The summed E-state index contributed by atoms with van der Waals surface area (Å²) in [6.45, 7) is 4.26. The minimum Gasteiger partial charge on any atom is -0.480 e. The molecule has 0 aliphatic carbocycles. The summed E-state index contributed by atoms with van der Waals surface area (Å²) < 4.78 is 0. The van der Waals surface area contributed by atoms with Crippen molar-refractivity contribution in [3.05, 3.63) is 35.5 Å². The van der Waals surface area contributed by atoms with Gasteiger partial charge in [-0.05, 0) is 37.8 Å². The monoisotopic (exact) mass is 385 g/mol. The first-order valence-electron chi connectivity index (χ1n) is 9.69. The number of aryl methyl sites for hydroxylation is 1. The summed E-state index contributed by atoms with van der Waals surface area (Å²) in [4.78, 5) is 42.5. The van der Waals surface area contributed by atoms with E-state index in [1.165, 1.54) is 11.8 Å². The number of carboxylic acid groups (broad SMARTS) is 1. The Balaban J connectivity index is 1.68. The fourth-order valence-corrected chi connectivity index (χ4v) is 4.11. The van der Waals surface area contributed by atoms with Crippen molar-refractivity contribution in [2.45, 2.75) is 45.6 Å². The van der Waals surface area contributed by atoms with Crippen LogP contribution < -0.4 is 0 Å². The van der Waals surface area contributed by atoms with Gasteiger partial charge in [-0.25, -0.2) is 0 Å². The standard InChI is InChI=1S/C21H27N3O4/c1-14-18(17-7-3-4-8-19(17)22-14)12-20(26)23-10-5-6-16(9-11-23)24(15(2)25)13-21(27)28/h3-4,7-8,16,22H,5-6,9-13H2,1-2H3,(H,27,28). The first kappa shape index (κ1) is 19.9. The van der Waals surface area contributed by atoms with Gasteiger partial charge in [0.05, 0.1) is 6.42 Å². The molecule has 3 rings (SSSR count). The molecular weight excluding hydrogens is 358 g/mol. The van der Waals surface area contributed by atoms with Crippen molar-refractivity contribution in [3.8, 4) is 0 Å². The molecule has 1 unspecified atom stereocenters. The van der Waals surface area contributed by atoms with E-state index in [1.807, 2.05) is 36.1 Å². The summed E-state index contributed by atoms with van der Waals surface area (Å²) in [5.74, 6) is -1.18. The van der Waals surface area contributed by atoms with Crippen LogP contribution in [0.15, 0.2) is 24.3 Å². The van der Waals surface area contributed by atoms with Gasteiger partial charge in [0, 0.05) is 42.7 Å². The number of aromatic nitrogens is 1. The smallest absolute Gasteiger partial charge is 0.323 e. The third kappa shape index (κ3) is 4.35. The first-order chi connectivity index (χ1) is 13.4. The quantitative estimate of drug-likeness (QED) is 0.826. The van der Waals surface area contributed by atoms with Crippen LogP contribution in [0.3, 0.4) is 0 Å². The highest BCUT2D eigenvalue weighted by Crippen LogP contribution is 2.24. The highest BCUT2D eigenvalue weighted by molar-refractivity contribution is 5.90. The molecule has 0 radical (unpaired) electrons. The number of likely N-dealkylation sites (tertiary alicyclic amines) is 1. The summed E-state index contributed by atoms with van der Waals surface area (Å²) in [5.41, 5.74) is 3.06. The predicted molar refractivity (Wildman–Crippen MR) is 106 cm³/mol. The number of H-pyrrole nitrogens is 1. The topological polar surface area (TPSA) is 93.7 Å². The summed E-state index contributed by atoms with van der Waals surface area (Å²) in [6.07, 6.45) is 2.41. The van der Waals surface area contributed by atoms with Crippen molar-refractivity contribution in [1.29, 1.82) is 0 Å². The highest BCUT2D eigenvalue weighted by atomic mass is 16.4. The van der Waals surface area contributed by atoms with Gasteiger partial charge in [-0.15, -0.1) is 0 Å². The number of aliphatic carboxylic acids is 1. The summed E-state index contributed by atoms with van der Waals surface area (Å²) in [6, 6.07) is 7.83. The van der Waals surface area contributed by atoms with Gasteiger partial charge in [0.25, 0.3) is 0 Å². The van der Waals surface area contributed by atoms with E-state index >= 15 is 0 Å². The molecule has 0 spiro atoms. The second-order valence-corrected chi connectivity index (χ2v) is 7.46. The lowest BCUT2D eigenvalue weighted by Gasteiger charge is -2.28. The third-order valence-electron chi connectivity index (χ3n) is 5.56. The maximum atomic E-state index is 12.9. The number of amides is 2. The Bertz CT molecular complexity index is 889. The maximum absolute atomic E-state index is 12.9. The van der Waals surface area contributed by atoms with Crippen LogP contribution in [0, 0.1) is 6.92 Å². The maximum Gasteiger partial charge on any atom is 0.323 e. The van der Waals surface area contributed by atoms with E-state index in [2.05, 4.69) is 4.98 Å². The fourth-order valence-electron chi connectivity index (χ4n) is 4.11. The van der Waals surface area contributed by atoms with Gasteiger partial charge in [-0.3, -0.25) is 14.4 Å². The molecule has 150 valence electrons. The lowest BCUT2D eigenvalue weighted by molar-refractivity contribution is -0.145. The molecule has 1 aliphatic heterocycles. The number of nitrogens with zero attached hydrogens (tertiary/aromatic N) is 2. The van der Waals surface area contributed by atoms with Crippen LogP contribution in [-0.4, -0.2) is 63.4 Å². The van der Waals surface area contributed by atoms with E-state index in [0.29, 0.717) is 32.4 Å². The van der Waals surface area contributed by atoms with Crippen molar-refractivity contribution in [2.24, 2.45) is 0 Å². The van der Waals surface area contributed by atoms with Crippen LogP contribution >= 0.6 is 0 Å². The van der Waals surface area contributed by atoms with E-state index < -0.39 is 5.97 Å². The number of carboxylic acids is 1. The number of carbonyl (C=O) groups is 3. The van der Waals surface area contributed by atoms with Gasteiger partial charge in [-0.2, -0.15) is 0 Å². The van der Waals surface area contributed by atoms with Gasteiger partial charge in [0.2, 0.25) is 11.8 Å². The Kier molecular flexibility index (Phi) is 6.02. The molecule has 1 fully saturated rings. The zero-order valence-electron chi connectivity index (χ0n) is 16.4. The second-order valence-electron chi connectivity index (χ2n) is 7.46. The van der Waals surface area contributed by atoms with E-state index in [1.54, 1.807) is 0 Å². The Morgan fingerprint density at radius 3 is 2.68 bits per heavy atom. The normalized spacial score (nSPS) is 17.4. The van der Waals surface area contributed by atoms with Crippen LogP contribution in [0.5, 0.6) is 0 Å². The summed E-state index contributed by atoms with van der Waals surface area (Å²) in [7, 11) is 0. The average molecular weight is 385 g/mol. The molecule has 2 heterocycles. The van der Waals surface area contributed by atoms with Gasteiger partial charge < -0.3 is 19.9 Å². The van der Waals surface area contributed by atoms with Crippen LogP contribution in [-0.2, 0) is 20.8 Å². The van der Waals surface area contributed by atoms with Crippen LogP contribution in [0.1, 0.15) is 37.4 Å². The number of benzene rings is 1. The molecule has 1 aromatic heterocycles. The second kappa shape index (κ2) is 8.46. The number of fused-ring (bicyclic) bond motifs is 1. The number of nitrogens with one attached hydrogen (secondary N) is 1. The molecule has 2 amide bonds. The Morgan fingerprint density at radius 2 is 1.96 bits per heavy atom. The number of hydrogen-bond donors (Lipinski definition) is 2. The predicted octanol–water partition coefficient (Wildman–Crippen LogP) is 2.33. The number of rotatable bonds is 5. The fraction of sp³-hybridized carbons (Fsp3) is 0.476. The van der Waals surface area contributed by atoms with Crippen LogP contribution in [0.2, 0.25) is 0 Å². The molecular formula is C21H27N3O4. The molecule has 28 heavy (non-hydrogen) atoms. The molecule has 0 saturated carbocycles. The van der Waals surface area contributed by atoms with Gasteiger partial charge in [-0.1, -0.05) is 18.2 Å². The van der Waals surface area contributed by atoms with E-state index in [9.17, 15) is 14.4 Å². The van der Waals surface area contributed by atoms with E-state index in [4.69, 9.17) is 5.11 Å². The van der Waals surface area contributed by atoms with Crippen LogP contribution in [0.25, 0.3) is 10.9 Å². The van der Waals surface area contributed by atoms with Gasteiger partial charge >= 0.3 is 5.97 Å². The minimum atomic E-state index is -1.01. The molecule has 1 atom stereocenters. The van der Waals surface area contributed by atoms with Gasteiger partial charge in [0.15, 0.2) is 0 Å². The summed E-state index contributed by atoms with van der Waals surface area (Å²) in [5, 5.41) is 10.1. The zero-order valence-corrected chi connectivity index (χ0v) is 16.4. The molecule has 7 nitrogen and oxygen atoms in total. The van der Waals surface area contributed by atoms with Gasteiger partial charge in [0.1, 0.15) is 6.54 Å². The lowest BCUT2D eigenvalue weighted by atomic mass is 10.1. The molecule has 2 aromatic rings. The van der Waals surface area contributed by atoms with Crippen molar-refractivity contribution in [1.82, 2.24) is 14.8 Å². The average Bonchev–Trinajstić information content (AvgIpc) is 2.82. The zero-order chi connectivity index (χ0) is 20.3. The molecule has 1 saturated heterocycles. The van der Waals surface area contributed by atoms with Crippen molar-refractivity contribution in [3.63, 3.8) is 0 Å². The molecule has 7 heteroatoms. The van der Waals surface area contributed by atoms with E-state index in [-0.39, 0.29) is 24.4 Å². The minimum absolute atomic E-state index is 0.0705. The Hall–Kier alpha value is -2.83. The molecule has 1 aromatic carbocycles. The van der Waals surface area contributed by atoms with E-state index in [0.717, 1.165) is 28.6 Å². The SMILES string of the molecule is CC(=O)N(CC(=O)O)C1CCCN(C(=O)Cc2c(C)[nH]c3ccccc23)CC1. The number of aromatic amines is 1. The highest BCUT2D eigenvalue weighted by Gasteiger charge is 2.28. The van der Waals surface area contributed by atoms with Crippen molar-refractivity contribution < 1.29 is 19.5 Å².